The number of carbonyl (C=O) groups excluding carboxylic acids is 3. The first kappa shape index (κ1) is 24.7. The molecule has 0 aliphatic carbocycles. The van der Waals surface area contributed by atoms with Gasteiger partial charge < -0.3 is 24.8 Å². The lowest BCUT2D eigenvalue weighted by Crippen LogP contribution is -2.47. The molecular formula is C24H30N2O6. The van der Waals surface area contributed by atoms with Gasteiger partial charge in [0.15, 0.2) is 6.10 Å². The molecule has 0 fully saturated rings. The number of methoxy groups -OCH3 is 2. The quantitative estimate of drug-likeness (QED) is 0.549. The molecule has 0 aliphatic rings. The van der Waals surface area contributed by atoms with Crippen LogP contribution >= 0.6 is 0 Å². The average molecular weight is 443 g/mol. The van der Waals surface area contributed by atoms with E-state index in [2.05, 4.69) is 10.6 Å². The van der Waals surface area contributed by atoms with Crippen LogP contribution in [0.25, 0.3) is 0 Å². The van der Waals surface area contributed by atoms with Gasteiger partial charge in [-0.15, -0.1) is 0 Å². The van der Waals surface area contributed by atoms with Crippen molar-refractivity contribution in [3.8, 4) is 11.5 Å². The number of rotatable bonds is 10. The summed E-state index contributed by atoms with van der Waals surface area (Å²) in [5.41, 5.74) is 1.22. The lowest BCUT2D eigenvalue weighted by atomic mass is 10.0. The Hall–Kier alpha value is -3.55. The van der Waals surface area contributed by atoms with Gasteiger partial charge in [0.05, 0.1) is 26.3 Å². The van der Waals surface area contributed by atoms with E-state index in [1.54, 1.807) is 32.0 Å². The SMILES string of the molecule is COc1ccc(OC)c(NC(=O)C(C)OC(=O)[C@@H](NC(=O)Cc2ccccc2)C(C)C)c1. The second-order valence-corrected chi connectivity index (χ2v) is 7.59. The van der Waals surface area contributed by atoms with E-state index in [1.165, 1.54) is 21.1 Å². The molecule has 0 aliphatic heterocycles. The number of benzene rings is 2. The van der Waals surface area contributed by atoms with Crippen molar-refractivity contribution in [3.05, 3.63) is 54.1 Å². The Kier molecular flexibility index (Phi) is 9.07. The van der Waals surface area contributed by atoms with Crippen molar-refractivity contribution in [3.63, 3.8) is 0 Å². The number of amides is 2. The molecule has 0 spiro atoms. The molecule has 2 aromatic rings. The molecule has 0 radical (unpaired) electrons. The van der Waals surface area contributed by atoms with Gasteiger partial charge in [-0.2, -0.15) is 0 Å². The van der Waals surface area contributed by atoms with Crippen molar-refractivity contribution in [1.82, 2.24) is 5.32 Å². The molecule has 1 unspecified atom stereocenters. The van der Waals surface area contributed by atoms with E-state index in [0.29, 0.717) is 17.2 Å². The van der Waals surface area contributed by atoms with Gasteiger partial charge in [-0.3, -0.25) is 9.59 Å². The topological polar surface area (TPSA) is 103 Å². The van der Waals surface area contributed by atoms with E-state index in [1.807, 2.05) is 30.3 Å². The summed E-state index contributed by atoms with van der Waals surface area (Å²) < 4.78 is 15.8. The van der Waals surface area contributed by atoms with Crippen LogP contribution in [0.4, 0.5) is 5.69 Å². The fourth-order valence-corrected chi connectivity index (χ4v) is 2.95. The summed E-state index contributed by atoms with van der Waals surface area (Å²) in [6.45, 7) is 5.05. The second kappa shape index (κ2) is 11.7. The normalized spacial score (nSPS) is 12.4. The molecule has 2 rings (SSSR count). The Bertz CT molecular complexity index is 929. The smallest absolute Gasteiger partial charge is 0.329 e. The van der Waals surface area contributed by atoms with E-state index in [0.717, 1.165) is 5.56 Å². The van der Waals surface area contributed by atoms with Gasteiger partial charge in [0.2, 0.25) is 5.91 Å². The molecule has 0 bridgehead atoms. The Labute approximate surface area is 188 Å². The summed E-state index contributed by atoms with van der Waals surface area (Å²) in [7, 11) is 2.99. The summed E-state index contributed by atoms with van der Waals surface area (Å²) >= 11 is 0. The third-order valence-corrected chi connectivity index (χ3v) is 4.77. The van der Waals surface area contributed by atoms with E-state index in [4.69, 9.17) is 14.2 Å². The van der Waals surface area contributed by atoms with Crippen LogP contribution in [0.1, 0.15) is 26.3 Å². The zero-order valence-corrected chi connectivity index (χ0v) is 19.0. The molecule has 0 heterocycles. The molecule has 0 saturated heterocycles. The average Bonchev–Trinajstić information content (AvgIpc) is 2.77. The molecule has 172 valence electrons. The Morgan fingerprint density at radius 1 is 0.938 bits per heavy atom. The van der Waals surface area contributed by atoms with Crippen LogP contribution in [0.3, 0.4) is 0 Å². The first-order chi connectivity index (χ1) is 15.2. The van der Waals surface area contributed by atoms with Crippen molar-refractivity contribution in [2.75, 3.05) is 19.5 Å². The summed E-state index contributed by atoms with van der Waals surface area (Å²) in [4.78, 5) is 37.7. The monoisotopic (exact) mass is 442 g/mol. The van der Waals surface area contributed by atoms with Crippen LogP contribution in [0.2, 0.25) is 0 Å². The van der Waals surface area contributed by atoms with E-state index < -0.39 is 24.0 Å². The number of carbonyl (C=O) groups is 3. The minimum absolute atomic E-state index is 0.142. The number of hydrogen-bond acceptors (Lipinski definition) is 6. The van der Waals surface area contributed by atoms with Gasteiger partial charge in [0.25, 0.3) is 5.91 Å². The number of ether oxygens (including phenoxy) is 3. The standard InChI is InChI=1S/C24H30N2O6/c1-15(2)22(26-21(27)13-17-9-7-6-8-10-17)24(29)32-16(3)23(28)25-19-14-18(30-4)11-12-20(19)31-5/h6-12,14-16,22H,13H2,1-5H3,(H,25,28)(H,26,27)/t16?,22-/m0/s1. The van der Waals surface area contributed by atoms with E-state index in [-0.39, 0.29) is 18.2 Å². The Morgan fingerprint density at radius 3 is 2.22 bits per heavy atom. The van der Waals surface area contributed by atoms with Gasteiger partial charge in [-0.25, -0.2) is 4.79 Å². The molecule has 8 nitrogen and oxygen atoms in total. The highest BCUT2D eigenvalue weighted by molar-refractivity contribution is 5.97. The van der Waals surface area contributed by atoms with Crippen LogP contribution < -0.4 is 20.1 Å². The largest absolute Gasteiger partial charge is 0.497 e. The van der Waals surface area contributed by atoms with Gasteiger partial charge >= 0.3 is 5.97 Å². The zero-order valence-electron chi connectivity index (χ0n) is 19.0. The lowest BCUT2D eigenvalue weighted by molar-refractivity contribution is -0.157. The molecule has 2 amide bonds. The minimum atomic E-state index is -1.09. The minimum Gasteiger partial charge on any atom is -0.497 e. The first-order valence-electron chi connectivity index (χ1n) is 10.3. The fourth-order valence-electron chi connectivity index (χ4n) is 2.95. The van der Waals surface area contributed by atoms with Crippen LogP contribution in [0.15, 0.2) is 48.5 Å². The van der Waals surface area contributed by atoms with Crippen molar-refractivity contribution in [2.45, 2.75) is 39.3 Å². The van der Waals surface area contributed by atoms with Crippen molar-refractivity contribution < 1.29 is 28.6 Å². The van der Waals surface area contributed by atoms with Crippen LogP contribution in [0, 0.1) is 5.92 Å². The molecule has 2 N–H and O–H groups in total. The van der Waals surface area contributed by atoms with Crippen LogP contribution in [0.5, 0.6) is 11.5 Å². The predicted octanol–water partition coefficient (Wildman–Crippen LogP) is 2.96. The van der Waals surface area contributed by atoms with Crippen molar-refractivity contribution in [1.29, 1.82) is 0 Å². The maximum Gasteiger partial charge on any atom is 0.329 e. The summed E-state index contributed by atoms with van der Waals surface area (Å²) in [5, 5.41) is 5.38. The van der Waals surface area contributed by atoms with E-state index >= 15 is 0 Å². The maximum absolute atomic E-state index is 12.7. The number of nitrogens with one attached hydrogen (secondary N) is 2. The molecule has 32 heavy (non-hydrogen) atoms. The predicted molar refractivity (Wildman–Crippen MR) is 121 cm³/mol. The maximum atomic E-state index is 12.7. The Balaban J connectivity index is 2.00. The van der Waals surface area contributed by atoms with Crippen molar-refractivity contribution >= 4 is 23.5 Å². The number of hydrogen-bond donors (Lipinski definition) is 2. The zero-order chi connectivity index (χ0) is 23.7. The highest BCUT2D eigenvalue weighted by Gasteiger charge is 2.29. The number of anilines is 1. The molecule has 8 heteroatoms. The summed E-state index contributed by atoms with van der Waals surface area (Å²) in [6.07, 6.45) is -0.950. The molecule has 2 aromatic carbocycles. The Morgan fingerprint density at radius 2 is 1.62 bits per heavy atom. The number of esters is 1. The molecule has 2 atom stereocenters. The third kappa shape index (κ3) is 7.01. The first-order valence-corrected chi connectivity index (χ1v) is 10.3. The van der Waals surface area contributed by atoms with E-state index in [9.17, 15) is 14.4 Å². The van der Waals surface area contributed by atoms with Crippen LogP contribution in [-0.4, -0.2) is 44.1 Å². The molecular weight excluding hydrogens is 412 g/mol. The van der Waals surface area contributed by atoms with Gasteiger partial charge in [-0.05, 0) is 30.5 Å². The van der Waals surface area contributed by atoms with Gasteiger partial charge in [0.1, 0.15) is 17.5 Å². The summed E-state index contributed by atoms with van der Waals surface area (Å²) in [5.74, 6) is -0.775. The lowest BCUT2D eigenvalue weighted by Gasteiger charge is -2.23. The molecule has 0 aromatic heterocycles. The van der Waals surface area contributed by atoms with Crippen LogP contribution in [-0.2, 0) is 25.5 Å². The molecule has 0 saturated carbocycles. The van der Waals surface area contributed by atoms with Gasteiger partial charge in [-0.1, -0.05) is 44.2 Å². The third-order valence-electron chi connectivity index (χ3n) is 4.77. The van der Waals surface area contributed by atoms with Crippen molar-refractivity contribution in [2.24, 2.45) is 5.92 Å². The van der Waals surface area contributed by atoms with Gasteiger partial charge in [0, 0.05) is 6.07 Å². The highest BCUT2D eigenvalue weighted by atomic mass is 16.5. The second-order valence-electron chi connectivity index (χ2n) is 7.59. The summed E-state index contributed by atoms with van der Waals surface area (Å²) in [6, 6.07) is 13.3. The highest BCUT2D eigenvalue weighted by Crippen LogP contribution is 2.29. The fraction of sp³-hybridized carbons (Fsp3) is 0.375.